The number of carbonyl (C=O) groups is 2. The highest BCUT2D eigenvalue weighted by atomic mass is 16.5. The highest BCUT2D eigenvalue weighted by Crippen LogP contribution is 2.23. The topological polar surface area (TPSA) is 86.1 Å². The van der Waals surface area contributed by atoms with Crippen LogP contribution in [0.15, 0.2) is 48.8 Å². The number of hydrogen-bond donors (Lipinski definition) is 1. The molecular weight excluding hydrogens is 368 g/mol. The molecule has 2 aromatic heterocycles. The van der Waals surface area contributed by atoms with Gasteiger partial charge in [-0.25, -0.2) is 14.5 Å². The summed E-state index contributed by atoms with van der Waals surface area (Å²) in [4.78, 5) is 29.1. The Bertz CT molecular complexity index is 1030. The minimum absolute atomic E-state index is 0.00564. The number of amides is 1. The molecule has 1 aromatic carbocycles. The Kier molecular flexibility index (Phi) is 6.07. The molecule has 0 unspecified atom stereocenters. The van der Waals surface area contributed by atoms with Crippen LogP contribution >= 0.6 is 0 Å². The van der Waals surface area contributed by atoms with Crippen LogP contribution in [0.3, 0.4) is 0 Å². The number of nitrogens with zero attached hydrogens (tertiary/aromatic N) is 3. The smallest absolute Gasteiger partial charge is 0.342 e. The Hall–Kier alpha value is -3.48. The van der Waals surface area contributed by atoms with E-state index in [-0.39, 0.29) is 12.5 Å². The molecule has 0 spiro atoms. The van der Waals surface area contributed by atoms with Gasteiger partial charge in [-0.2, -0.15) is 5.10 Å². The largest absolute Gasteiger partial charge is 0.452 e. The molecule has 29 heavy (non-hydrogen) atoms. The van der Waals surface area contributed by atoms with Crippen molar-refractivity contribution < 1.29 is 14.3 Å². The number of nitrogens with one attached hydrogen (secondary N) is 1. The second kappa shape index (κ2) is 8.68. The van der Waals surface area contributed by atoms with Crippen LogP contribution < -0.4 is 5.32 Å². The number of aryl methyl sites for hydroxylation is 2. The lowest BCUT2D eigenvalue weighted by atomic mass is 10.1. The van der Waals surface area contributed by atoms with Crippen molar-refractivity contribution in [1.82, 2.24) is 14.8 Å². The first kappa shape index (κ1) is 20.3. The molecule has 7 nitrogen and oxygen atoms in total. The van der Waals surface area contributed by atoms with Crippen LogP contribution in [0.4, 0.5) is 5.69 Å². The van der Waals surface area contributed by atoms with Crippen molar-refractivity contribution in [3.8, 4) is 5.82 Å². The van der Waals surface area contributed by atoms with E-state index in [9.17, 15) is 9.59 Å². The number of esters is 1. The zero-order valence-electron chi connectivity index (χ0n) is 17.0. The molecule has 2 heterocycles. The maximum atomic E-state index is 12.6. The SMILES string of the molecule is Cc1ccc(NC(=O)COC(=O)c2cnn(-c3ccccn3)c2C(C)C)c(C)c1. The van der Waals surface area contributed by atoms with Crippen molar-refractivity contribution in [2.24, 2.45) is 0 Å². The van der Waals surface area contributed by atoms with Gasteiger partial charge in [0.25, 0.3) is 5.91 Å². The molecule has 0 saturated heterocycles. The van der Waals surface area contributed by atoms with Crippen molar-refractivity contribution >= 4 is 17.6 Å². The quantitative estimate of drug-likeness (QED) is 0.645. The minimum atomic E-state index is -0.591. The highest BCUT2D eigenvalue weighted by molar-refractivity contribution is 5.96. The third kappa shape index (κ3) is 4.68. The number of benzene rings is 1. The summed E-state index contributed by atoms with van der Waals surface area (Å²) in [5.41, 5.74) is 3.76. The monoisotopic (exact) mass is 392 g/mol. The molecular formula is C22H24N4O3. The van der Waals surface area contributed by atoms with Gasteiger partial charge in [0.15, 0.2) is 12.4 Å². The molecule has 1 N–H and O–H groups in total. The molecule has 3 aromatic rings. The van der Waals surface area contributed by atoms with E-state index in [1.165, 1.54) is 6.20 Å². The molecule has 0 aliphatic carbocycles. The normalized spacial score (nSPS) is 10.8. The molecule has 0 radical (unpaired) electrons. The fraction of sp³-hybridized carbons (Fsp3) is 0.273. The predicted molar refractivity (Wildman–Crippen MR) is 110 cm³/mol. The molecule has 0 fully saturated rings. The second-order valence-corrected chi connectivity index (χ2v) is 7.14. The second-order valence-electron chi connectivity index (χ2n) is 7.14. The minimum Gasteiger partial charge on any atom is -0.452 e. The van der Waals surface area contributed by atoms with Gasteiger partial charge in [-0.3, -0.25) is 4.79 Å². The van der Waals surface area contributed by atoms with Gasteiger partial charge >= 0.3 is 5.97 Å². The van der Waals surface area contributed by atoms with Crippen LogP contribution in [0.5, 0.6) is 0 Å². The third-order valence-electron chi connectivity index (χ3n) is 4.43. The fourth-order valence-corrected chi connectivity index (χ4v) is 3.08. The van der Waals surface area contributed by atoms with Crippen molar-refractivity contribution in [3.05, 3.63) is 71.2 Å². The number of carbonyl (C=O) groups excluding carboxylic acids is 2. The summed E-state index contributed by atoms with van der Waals surface area (Å²) in [5.74, 6) is -0.367. The summed E-state index contributed by atoms with van der Waals surface area (Å²) in [5, 5.41) is 7.06. The van der Waals surface area contributed by atoms with E-state index in [4.69, 9.17) is 4.74 Å². The van der Waals surface area contributed by atoms with Crippen LogP contribution in [0.25, 0.3) is 5.82 Å². The molecule has 0 saturated carbocycles. The average molecular weight is 392 g/mol. The van der Waals surface area contributed by atoms with Crippen LogP contribution in [0, 0.1) is 13.8 Å². The molecule has 1 amide bonds. The zero-order valence-corrected chi connectivity index (χ0v) is 17.0. The maximum Gasteiger partial charge on any atom is 0.342 e. The number of anilines is 1. The van der Waals surface area contributed by atoms with E-state index in [0.29, 0.717) is 22.8 Å². The Morgan fingerprint density at radius 3 is 2.62 bits per heavy atom. The fourth-order valence-electron chi connectivity index (χ4n) is 3.08. The van der Waals surface area contributed by atoms with Crippen molar-refractivity contribution in [2.45, 2.75) is 33.6 Å². The average Bonchev–Trinajstić information content (AvgIpc) is 3.14. The van der Waals surface area contributed by atoms with Gasteiger partial charge < -0.3 is 10.1 Å². The van der Waals surface area contributed by atoms with Gasteiger partial charge in [0.1, 0.15) is 5.56 Å². The van der Waals surface area contributed by atoms with E-state index >= 15 is 0 Å². The molecule has 0 atom stereocenters. The number of rotatable bonds is 6. The van der Waals surface area contributed by atoms with Crippen molar-refractivity contribution in [1.29, 1.82) is 0 Å². The Labute approximate surface area is 169 Å². The predicted octanol–water partition coefficient (Wildman–Crippen LogP) is 3.80. The summed E-state index contributed by atoms with van der Waals surface area (Å²) in [6, 6.07) is 11.2. The van der Waals surface area contributed by atoms with Gasteiger partial charge in [0, 0.05) is 11.9 Å². The first-order valence-electron chi connectivity index (χ1n) is 9.40. The molecule has 0 bridgehead atoms. The summed E-state index contributed by atoms with van der Waals surface area (Å²) in [6.07, 6.45) is 3.12. The first-order chi connectivity index (χ1) is 13.9. The summed E-state index contributed by atoms with van der Waals surface area (Å²) < 4.78 is 6.86. The van der Waals surface area contributed by atoms with Gasteiger partial charge in [-0.15, -0.1) is 0 Å². The van der Waals surface area contributed by atoms with E-state index in [0.717, 1.165) is 11.1 Å². The summed E-state index contributed by atoms with van der Waals surface area (Å²) >= 11 is 0. The van der Waals surface area contributed by atoms with Crippen LogP contribution in [-0.2, 0) is 9.53 Å². The lowest BCUT2D eigenvalue weighted by molar-refractivity contribution is -0.119. The summed E-state index contributed by atoms with van der Waals surface area (Å²) in [6.45, 7) is 7.44. The zero-order chi connectivity index (χ0) is 21.0. The van der Waals surface area contributed by atoms with Gasteiger partial charge in [-0.05, 0) is 43.5 Å². The molecule has 0 aliphatic rings. The van der Waals surface area contributed by atoms with Crippen LogP contribution in [0.2, 0.25) is 0 Å². The molecule has 3 rings (SSSR count). The number of pyridine rings is 1. The lowest BCUT2D eigenvalue weighted by Crippen LogP contribution is -2.22. The standard InChI is InChI=1S/C22H24N4O3/c1-14(2)21-17(12-24-26(21)19-7-5-6-10-23-19)22(28)29-13-20(27)25-18-9-8-15(3)11-16(18)4/h5-12,14H,13H2,1-4H3,(H,25,27). The Morgan fingerprint density at radius 2 is 1.97 bits per heavy atom. The molecule has 7 heteroatoms. The molecule has 0 aliphatic heterocycles. The Morgan fingerprint density at radius 1 is 1.17 bits per heavy atom. The maximum absolute atomic E-state index is 12.6. The highest BCUT2D eigenvalue weighted by Gasteiger charge is 2.23. The lowest BCUT2D eigenvalue weighted by Gasteiger charge is -2.12. The van der Waals surface area contributed by atoms with Crippen molar-refractivity contribution in [2.75, 3.05) is 11.9 Å². The number of aromatic nitrogens is 3. The van der Waals surface area contributed by atoms with Crippen molar-refractivity contribution in [3.63, 3.8) is 0 Å². The van der Waals surface area contributed by atoms with Crippen LogP contribution in [0.1, 0.15) is 46.9 Å². The third-order valence-corrected chi connectivity index (χ3v) is 4.43. The first-order valence-corrected chi connectivity index (χ1v) is 9.40. The Balaban J connectivity index is 1.71. The molecule has 150 valence electrons. The van der Waals surface area contributed by atoms with Gasteiger partial charge in [0.2, 0.25) is 0 Å². The van der Waals surface area contributed by atoms with E-state index in [2.05, 4.69) is 15.4 Å². The van der Waals surface area contributed by atoms with E-state index in [1.54, 1.807) is 10.9 Å². The number of ether oxygens (including phenoxy) is 1. The van der Waals surface area contributed by atoms with Crippen LogP contribution in [-0.4, -0.2) is 33.2 Å². The van der Waals surface area contributed by atoms with E-state index in [1.807, 2.05) is 64.1 Å². The van der Waals surface area contributed by atoms with E-state index < -0.39 is 11.9 Å². The summed E-state index contributed by atoms with van der Waals surface area (Å²) in [7, 11) is 0. The van der Waals surface area contributed by atoms with Gasteiger partial charge in [0.05, 0.1) is 11.9 Å². The van der Waals surface area contributed by atoms with Gasteiger partial charge in [-0.1, -0.05) is 37.6 Å². The number of hydrogen-bond acceptors (Lipinski definition) is 5.